The van der Waals surface area contributed by atoms with Crippen molar-refractivity contribution in [2.75, 3.05) is 14.1 Å². The number of phenolic OH excluding ortho intramolecular Hbond substituents is 1. The van der Waals surface area contributed by atoms with Crippen molar-refractivity contribution in [1.29, 1.82) is 0 Å². The van der Waals surface area contributed by atoms with Gasteiger partial charge in [-0.15, -0.1) is 0 Å². The minimum absolute atomic E-state index is 0.00753. The van der Waals surface area contributed by atoms with Crippen LogP contribution in [0.2, 0.25) is 0 Å². The molecule has 0 atom stereocenters. The molecule has 1 N–H and O–H groups in total. The Labute approximate surface area is 92.5 Å². The Bertz CT molecular complexity index is 337. The molecule has 0 amide bonds. The molecular weight excluding hydrogens is 186 g/mol. The van der Waals surface area contributed by atoms with Gasteiger partial charge in [0.15, 0.2) is 0 Å². The minimum Gasteiger partial charge on any atom is -0.507 e. The molecule has 0 spiro atoms. The SMILES string of the molecule is CN(C)Cc1cccc(C(C)(C)C)c1O. The van der Waals surface area contributed by atoms with Gasteiger partial charge in [-0.1, -0.05) is 39.0 Å². The van der Waals surface area contributed by atoms with Crippen LogP contribution in [0.1, 0.15) is 31.9 Å². The topological polar surface area (TPSA) is 23.5 Å². The average molecular weight is 207 g/mol. The van der Waals surface area contributed by atoms with Gasteiger partial charge in [0, 0.05) is 12.1 Å². The van der Waals surface area contributed by atoms with E-state index in [4.69, 9.17) is 0 Å². The highest BCUT2D eigenvalue weighted by molar-refractivity contribution is 5.43. The van der Waals surface area contributed by atoms with Crippen LogP contribution in [-0.4, -0.2) is 24.1 Å². The first-order valence-corrected chi connectivity index (χ1v) is 5.28. The van der Waals surface area contributed by atoms with Gasteiger partial charge in [-0.2, -0.15) is 0 Å². The van der Waals surface area contributed by atoms with E-state index in [1.807, 2.05) is 32.3 Å². The van der Waals surface area contributed by atoms with E-state index in [2.05, 4.69) is 25.7 Å². The summed E-state index contributed by atoms with van der Waals surface area (Å²) in [6, 6.07) is 5.98. The molecule has 0 unspecified atom stereocenters. The maximum absolute atomic E-state index is 10.1. The Kier molecular flexibility index (Phi) is 3.40. The van der Waals surface area contributed by atoms with Crippen molar-refractivity contribution in [3.8, 4) is 5.75 Å². The van der Waals surface area contributed by atoms with Crippen LogP contribution in [-0.2, 0) is 12.0 Å². The van der Waals surface area contributed by atoms with E-state index in [9.17, 15) is 5.11 Å². The lowest BCUT2D eigenvalue weighted by Gasteiger charge is -2.22. The largest absolute Gasteiger partial charge is 0.507 e. The molecule has 15 heavy (non-hydrogen) atoms. The zero-order chi connectivity index (χ0) is 11.6. The van der Waals surface area contributed by atoms with E-state index in [1.165, 1.54) is 0 Å². The molecule has 0 radical (unpaired) electrons. The van der Waals surface area contributed by atoms with Crippen molar-refractivity contribution in [2.24, 2.45) is 0 Å². The third-order valence-electron chi connectivity index (χ3n) is 2.41. The molecule has 84 valence electrons. The predicted octanol–water partition coefficient (Wildman–Crippen LogP) is 2.75. The number of para-hydroxylation sites is 1. The van der Waals surface area contributed by atoms with Crippen molar-refractivity contribution < 1.29 is 5.11 Å². The number of phenols is 1. The van der Waals surface area contributed by atoms with Gasteiger partial charge < -0.3 is 10.0 Å². The first-order chi connectivity index (χ1) is 6.82. The molecular formula is C13H21NO. The zero-order valence-corrected chi connectivity index (χ0v) is 10.3. The number of benzene rings is 1. The van der Waals surface area contributed by atoms with Crippen LogP contribution >= 0.6 is 0 Å². The first kappa shape index (κ1) is 12.1. The second kappa shape index (κ2) is 4.23. The number of hydrogen-bond acceptors (Lipinski definition) is 2. The Hall–Kier alpha value is -1.02. The molecule has 0 aromatic heterocycles. The molecule has 1 aromatic rings. The summed E-state index contributed by atoms with van der Waals surface area (Å²) in [5.74, 6) is 0.443. The van der Waals surface area contributed by atoms with Crippen molar-refractivity contribution in [2.45, 2.75) is 32.7 Å². The van der Waals surface area contributed by atoms with Crippen molar-refractivity contribution in [3.63, 3.8) is 0 Å². The summed E-state index contributed by atoms with van der Waals surface area (Å²) in [6.45, 7) is 7.11. The van der Waals surface area contributed by atoms with Gasteiger partial charge in [0.2, 0.25) is 0 Å². The predicted molar refractivity (Wildman–Crippen MR) is 64.2 cm³/mol. The van der Waals surface area contributed by atoms with Gasteiger partial charge in [0.05, 0.1) is 0 Å². The highest BCUT2D eigenvalue weighted by Crippen LogP contribution is 2.33. The second-order valence-electron chi connectivity index (χ2n) is 5.30. The molecule has 0 aliphatic heterocycles. The molecule has 0 bridgehead atoms. The quantitative estimate of drug-likeness (QED) is 0.806. The smallest absolute Gasteiger partial charge is 0.123 e. The summed E-state index contributed by atoms with van der Waals surface area (Å²) in [7, 11) is 4.01. The molecule has 0 aliphatic carbocycles. The molecule has 0 saturated heterocycles. The Morgan fingerprint density at radius 3 is 2.27 bits per heavy atom. The maximum atomic E-state index is 10.1. The molecule has 0 fully saturated rings. The normalized spacial score (nSPS) is 12.1. The monoisotopic (exact) mass is 207 g/mol. The fourth-order valence-electron chi connectivity index (χ4n) is 1.66. The third kappa shape index (κ3) is 2.96. The average Bonchev–Trinajstić information content (AvgIpc) is 2.05. The van der Waals surface area contributed by atoms with Crippen LogP contribution in [0.15, 0.2) is 18.2 Å². The zero-order valence-electron chi connectivity index (χ0n) is 10.3. The van der Waals surface area contributed by atoms with E-state index in [1.54, 1.807) is 0 Å². The number of rotatable bonds is 2. The van der Waals surface area contributed by atoms with E-state index in [0.717, 1.165) is 17.7 Å². The lowest BCUT2D eigenvalue weighted by atomic mass is 9.85. The van der Waals surface area contributed by atoms with E-state index >= 15 is 0 Å². The Morgan fingerprint density at radius 2 is 1.80 bits per heavy atom. The molecule has 0 aliphatic rings. The molecule has 2 nitrogen and oxygen atoms in total. The van der Waals surface area contributed by atoms with Crippen LogP contribution in [0, 0.1) is 0 Å². The summed E-state index contributed by atoms with van der Waals surface area (Å²) in [4.78, 5) is 2.06. The number of nitrogens with zero attached hydrogens (tertiary/aromatic N) is 1. The first-order valence-electron chi connectivity index (χ1n) is 5.28. The minimum atomic E-state index is -0.00753. The highest BCUT2D eigenvalue weighted by atomic mass is 16.3. The van der Waals surface area contributed by atoms with Crippen molar-refractivity contribution in [1.82, 2.24) is 4.90 Å². The van der Waals surface area contributed by atoms with Gasteiger partial charge in [0.1, 0.15) is 5.75 Å². The van der Waals surface area contributed by atoms with Gasteiger partial charge in [-0.25, -0.2) is 0 Å². The van der Waals surface area contributed by atoms with E-state index in [0.29, 0.717) is 5.75 Å². The van der Waals surface area contributed by atoms with Gasteiger partial charge in [-0.3, -0.25) is 0 Å². The van der Waals surface area contributed by atoms with E-state index in [-0.39, 0.29) is 5.41 Å². The van der Waals surface area contributed by atoms with Crippen LogP contribution < -0.4 is 0 Å². The molecule has 0 heterocycles. The fraction of sp³-hybridized carbons (Fsp3) is 0.538. The van der Waals surface area contributed by atoms with Gasteiger partial charge in [0.25, 0.3) is 0 Å². The standard InChI is InChI=1S/C13H21NO/c1-13(2,3)11-8-6-7-10(12(11)15)9-14(4)5/h6-8,15H,9H2,1-5H3. The summed E-state index contributed by atoms with van der Waals surface area (Å²) in [6.07, 6.45) is 0. The van der Waals surface area contributed by atoms with Crippen LogP contribution in [0.25, 0.3) is 0 Å². The summed E-state index contributed by atoms with van der Waals surface area (Å²) >= 11 is 0. The molecule has 1 aromatic carbocycles. The number of aromatic hydroxyl groups is 1. The fourth-order valence-corrected chi connectivity index (χ4v) is 1.66. The van der Waals surface area contributed by atoms with E-state index < -0.39 is 0 Å². The van der Waals surface area contributed by atoms with Crippen LogP contribution in [0.5, 0.6) is 5.75 Å². The van der Waals surface area contributed by atoms with Crippen molar-refractivity contribution >= 4 is 0 Å². The molecule has 0 saturated carbocycles. The summed E-state index contributed by atoms with van der Waals surface area (Å²) < 4.78 is 0. The summed E-state index contributed by atoms with van der Waals surface area (Å²) in [5.41, 5.74) is 2.00. The highest BCUT2D eigenvalue weighted by Gasteiger charge is 2.19. The maximum Gasteiger partial charge on any atom is 0.123 e. The lowest BCUT2D eigenvalue weighted by Crippen LogP contribution is -2.15. The Balaban J connectivity index is 3.12. The summed E-state index contributed by atoms with van der Waals surface area (Å²) in [5, 5.41) is 10.1. The van der Waals surface area contributed by atoms with Gasteiger partial charge in [-0.05, 0) is 25.1 Å². The molecule has 2 heteroatoms. The molecule has 1 rings (SSSR count). The third-order valence-corrected chi connectivity index (χ3v) is 2.41. The van der Waals surface area contributed by atoms with Crippen molar-refractivity contribution in [3.05, 3.63) is 29.3 Å². The second-order valence-corrected chi connectivity index (χ2v) is 5.30. The van der Waals surface area contributed by atoms with Gasteiger partial charge >= 0.3 is 0 Å². The lowest BCUT2D eigenvalue weighted by molar-refractivity contribution is 0.380. The Morgan fingerprint density at radius 1 is 1.20 bits per heavy atom. The number of hydrogen-bond donors (Lipinski definition) is 1. The van der Waals surface area contributed by atoms with Crippen LogP contribution in [0.4, 0.5) is 0 Å². The van der Waals surface area contributed by atoms with Crippen LogP contribution in [0.3, 0.4) is 0 Å².